The Morgan fingerprint density at radius 1 is 1.29 bits per heavy atom. The number of amides is 2. The van der Waals surface area contributed by atoms with E-state index in [9.17, 15) is 18.0 Å². The van der Waals surface area contributed by atoms with Crippen LogP contribution in [0.15, 0.2) is 22.5 Å². The van der Waals surface area contributed by atoms with E-state index in [1.165, 1.54) is 11.1 Å². The third kappa shape index (κ3) is 4.64. The molecule has 12 heteroatoms. The minimum atomic E-state index is -3.76. The SMILES string of the molecule is CCC[C@H]1C(=O)N(S(C)(=O)=O)C2=CN(C(=O)c3cc(CN4CCOCC4)on3)C[C@@H]21.Cl. The lowest BCUT2D eigenvalue weighted by Crippen LogP contribution is -2.35. The lowest BCUT2D eigenvalue weighted by atomic mass is 9.91. The number of carbonyl (C=O) groups excluding carboxylic acids is 2. The van der Waals surface area contributed by atoms with Crippen molar-refractivity contribution in [1.29, 1.82) is 0 Å². The number of aromatic nitrogens is 1. The fourth-order valence-electron chi connectivity index (χ4n) is 4.35. The Kier molecular flexibility index (Phi) is 7.09. The summed E-state index contributed by atoms with van der Waals surface area (Å²) >= 11 is 0. The molecule has 0 unspecified atom stereocenters. The number of hydrogen-bond donors (Lipinski definition) is 0. The van der Waals surface area contributed by atoms with E-state index in [0.717, 1.165) is 30.1 Å². The highest BCUT2D eigenvalue weighted by atomic mass is 35.5. The van der Waals surface area contributed by atoms with Crippen molar-refractivity contribution in [3.63, 3.8) is 0 Å². The van der Waals surface area contributed by atoms with Crippen LogP contribution in [0.5, 0.6) is 0 Å². The summed E-state index contributed by atoms with van der Waals surface area (Å²) in [5.74, 6) is -0.954. The summed E-state index contributed by atoms with van der Waals surface area (Å²) in [5.41, 5.74) is 0.533. The quantitative estimate of drug-likeness (QED) is 0.601. The van der Waals surface area contributed by atoms with Gasteiger partial charge in [-0.1, -0.05) is 18.5 Å². The first-order valence-corrected chi connectivity index (χ1v) is 12.0. The number of carbonyl (C=O) groups is 2. The van der Waals surface area contributed by atoms with Gasteiger partial charge in [0.05, 0.1) is 31.7 Å². The number of sulfonamides is 1. The van der Waals surface area contributed by atoms with Crippen LogP contribution < -0.4 is 0 Å². The molecule has 10 nitrogen and oxygen atoms in total. The van der Waals surface area contributed by atoms with E-state index in [4.69, 9.17) is 9.26 Å². The second-order valence-electron chi connectivity index (χ2n) is 7.95. The predicted molar refractivity (Wildman–Crippen MR) is 113 cm³/mol. The smallest absolute Gasteiger partial charge is 0.280 e. The van der Waals surface area contributed by atoms with E-state index in [-0.39, 0.29) is 36.5 Å². The van der Waals surface area contributed by atoms with Gasteiger partial charge < -0.3 is 14.2 Å². The zero-order chi connectivity index (χ0) is 21.5. The average Bonchev–Trinajstić information content (AvgIpc) is 3.38. The van der Waals surface area contributed by atoms with Crippen LogP contribution >= 0.6 is 12.4 Å². The molecule has 2 atom stereocenters. The number of nitrogens with zero attached hydrogens (tertiary/aromatic N) is 4. The molecular formula is C19H27ClN4O6S. The van der Waals surface area contributed by atoms with Gasteiger partial charge in [-0.25, -0.2) is 12.7 Å². The average molecular weight is 475 g/mol. The summed E-state index contributed by atoms with van der Waals surface area (Å²) in [6, 6.07) is 1.62. The largest absolute Gasteiger partial charge is 0.379 e. The normalized spacial score (nSPS) is 24.2. The van der Waals surface area contributed by atoms with Crippen molar-refractivity contribution < 1.29 is 27.3 Å². The lowest BCUT2D eigenvalue weighted by Gasteiger charge is -2.25. The monoisotopic (exact) mass is 474 g/mol. The second-order valence-corrected chi connectivity index (χ2v) is 9.78. The lowest BCUT2D eigenvalue weighted by molar-refractivity contribution is -0.127. The zero-order valence-corrected chi connectivity index (χ0v) is 19.2. The minimum absolute atomic E-state index is 0. The topological polar surface area (TPSA) is 113 Å². The van der Waals surface area contributed by atoms with Crippen LogP contribution in [0.2, 0.25) is 0 Å². The van der Waals surface area contributed by atoms with Gasteiger partial charge in [-0.15, -0.1) is 12.4 Å². The fraction of sp³-hybridized carbons (Fsp3) is 0.632. The molecule has 0 saturated carbocycles. The molecule has 1 aromatic rings. The third-order valence-electron chi connectivity index (χ3n) is 5.75. The molecule has 2 amide bonds. The molecule has 3 aliphatic rings. The van der Waals surface area contributed by atoms with Crippen LogP contribution in [0, 0.1) is 11.8 Å². The van der Waals surface area contributed by atoms with Crippen molar-refractivity contribution in [2.75, 3.05) is 39.1 Å². The molecule has 0 bridgehead atoms. The molecule has 172 valence electrons. The standard InChI is InChI=1S/C19H26N4O6S.ClH/c1-3-4-14-15-11-22(12-17(15)23(18(14)24)30(2,26)27)19(25)16-9-13(29-20-16)10-21-5-7-28-8-6-21;/h9,12,14-15H,3-8,10-11H2,1-2H3;1H/t14-,15-;/m1./s1. The van der Waals surface area contributed by atoms with Gasteiger partial charge >= 0.3 is 0 Å². The van der Waals surface area contributed by atoms with Gasteiger partial charge in [0.15, 0.2) is 11.5 Å². The molecular weight excluding hydrogens is 448 g/mol. The summed E-state index contributed by atoms with van der Waals surface area (Å²) in [7, 11) is -3.76. The second kappa shape index (κ2) is 9.27. The Bertz CT molecular complexity index is 972. The molecule has 0 aliphatic carbocycles. The van der Waals surface area contributed by atoms with Gasteiger partial charge in [-0.05, 0) is 6.42 Å². The maximum atomic E-state index is 13.0. The predicted octanol–water partition coefficient (Wildman–Crippen LogP) is 1.06. The van der Waals surface area contributed by atoms with E-state index in [1.807, 2.05) is 6.92 Å². The number of fused-ring (bicyclic) bond motifs is 1. The molecule has 0 spiro atoms. The Morgan fingerprint density at radius 3 is 2.65 bits per heavy atom. The third-order valence-corrected chi connectivity index (χ3v) is 6.81. The van der Waals surface area contributed by atoms with E-state index in [0.29, 0.717) is 37.6 Å². The van der Waals surface area contributed by atoms with Crippen LogP contribution in [0.3, 0.4) is 0 Å². The number of hydrogen-bond acceptors (Lipinski definition) is 8. The van der Waals surface area contributed by atoms with E-state index in [1.54, 1.807) is 6.07 Å². The van der Waals surface area contributed by atoms with Crippen molar-refractivity contribution in [3.8, 4) is 0 Å². The van der Waals surface area contributed by atoms with Gasteiger partial charge in [-0.2, -0.15) is 0 Å². The molecule has 3 aliphatic heterocycles. The van der Waals surface area contributed by atoms with Crippen molar-refractivity contribution in [2.45, 2.75) is 26.3 Å². The molecule has 0 aromatic carbocycles. The van der Waals surface area contributed by atoms with Gasteiger partial charge in [0.2, 0.25) is 15.9 Å². The highest BCUT2D eigenvalue weighted by Gasteiger charge is 2.51. The Hall–Kier alpha value is -1.95. The van der Waals surface area contributed by atoms with Crippen molar-refractivity contribution >= 4 is 34.2 Å². The Balaban J connectivity index is 0.00000272. The van der Waals surface area contributed by atoms with Crippen molar-refractivity contribution in [2.24, 2.45) is 11.8 Å². The summed E-state index contributed by atoms with van der Waals surface area (Å²) in [6.07, 6.45) is 3.80. The molecule has 2 fully saturated rings. The van der Waals surface area contributed by atoms with Crippen molar-refractivity contribution in [1.82, 2.24) is 19.3 Å². The summed E-state index contributed by atoms with van der Waals surface area (Å²) < 4.78 is 35.9. The Labute approximate surface area is 187 Å². The maximum Gasteiger partial charge on any atom is 0.280 e. The molecule has 4 heterocycles. The summed E-state index contributed by atoms with van der Waals surface area (Å²) in [6.45, 7) is 5.65. The first kappa shape index (κ1) is 23.7. The van der Waals surface area contributed by atoms with Gasteiger partial charge in [-0.3, -0.25) is 14.5 Å². The number of morpholine rings is 1. The fourth-order valence-corrected chi connectivity index (χ4v) is 5.37. The maximum absolute atomic E-state index is 13.0. The molecule has 4 rings (SSSR count). The Morgan fingerprint density at radius 2 is 2.00 bits per heavy atom. The summed E-state index contributed by atoms with van der Waals surface area (Å²) in [5, 5.41) is 3.91. The zero-order valence-electron chi connectivity index (χ0n) is 17.5. The van der Waals surface area contributed by atoms with Gasteiger partial charge in [0, 0.05) is 43.7 Å². The van der Waals surface area contributed by atoms with Gasteiger partial charge in [0.1, 0.15) is 0 Å². The molecule has 1 aromatic heterocycles. The van der Waals surface area contributed by atoms with E-state index in [2.05, 4.69) is 10.1 Å². The number of halogens is 1. The molecule has 0 N–H and O–H groups in total. The van der Waals surface area contributed by atoms with E-state index < -0.39 is 21.8 Å². The molecule has 0 radical (unpaired) electrons. The van der Waals surface area contributed by atoms with E-state index >= 15 is 0 Å². The van der Waals surface area contributed by atoms with Crippen LogP contribution in [0.4, 0.5) is 0 Å². The first-order valence-electron chi connectivity index (χ1n) is 10.1. The number of ether oxygens (including phenoxy) is 1. The first-order chi connectivity index (χ1) is 14.3. The van der Waals surface area contributed by atoms with Crippen LogP contribution in [0.1, 0.15) is 36.0 Å². The van der Waals surface area contributed by atoms with Crippen LogP contribution in [-0.4, -0.2) is 78.6 Å². The molecule has 2 saturated heterocycles. The highest BCUT2D eigenvalue weighted by Crippen LogP contribution is 2.42. The minimum Gasteiger partial charge on any atom is -0.379 e. The molecule has 31 heavy (non-hydrogen) atoms. The summed E-state index contributed by atoms with van der Waals surface area (Å²) in [4.78, 5) is 29.2. The van der Waals surface area contributed by atoms with Crippen LogP contribution in [-0.2, 0) is 26.1 Å². The van der Waals surface area contributed by atoms with Crippen molar-refractivity contribution in [3.05, 3.63) is 29.4 Å². The highest BCUT2D eigenvalue weighted by molar-refractivity contribution is 7.89. The van der Waals surface area contributed by atoms with Crippen LogP contribution in [0.25, 0.3) is 0 Å². The van der Waals surface area contributed by atoms with Gasteiger partial charge in [0.25, 0.3) is 5.91 Å². The number of rotatable bonds is 6.